The average Bonchev–Trinajstić information content (AvgIpc) is 2.68. The van der Waals surface area contributed by atoms with E-state index < -0.39 is 29.3 Å². The highest BCUT2D eigenvalue weighted by atomic mass is 16.6. The van der Waals surface area contributed by atoms with E-state index in [2.05, 4.69) is 15.0 Å². The van der Waals surface area contributed by atoms with Crippen molar-refractivity contribution < 1.29 is 19.7 Å². The summed E-state index contributed by atoms with van der Waals surface area (Å²) in [6, 6.07) is 1.34. The molecular weight excluding hydrogens is 308 g/mol. The Hall–Kier alpha value is -2.17. The fraction of sp³-hybridized carbons (Fsp3) is 0.667. The van der Waals surface area contributed by atoms with E-state index in [-0.39, 0.29) is 19.0 Å². The van der Waals surface area contributed by atoms with E-state index in [0.717, 1.165) is 4.57 Å². The van der Waals surface area contributed by atoms with Crippen molar-refractivity contribution in [2.24, 2.45) is 5.11 Å². The van der Waals surface area contributed by atoms with Crippen LogP contribution in [0.1, 0.15) is 13.8 Å². The van der Waals surface area contributed by atoms with Crippen molar-refractivity contribution in [1.82, 2.24) is 9.55 Å². The number of azide groups is 1. The highest BCUT2D eigenvalue weighted by Gasteiger charge is 2.61. The van der Waals surface area contributed by atoms with E-state index in [4.69, 9.17) is 20.7 Å². The van der Waals surface area contributed by atoms with Crippen LogP contribution >= 0.6 is 0 Å². The van der Waals surface area contributed by atoms with Crippen LogP contribution in [0.4, 0.5) is 5.82 Å². The fourth-order valence-electron chi connectivity index (χ4n) is 2.51. The van der Waals surface area contributed by atoms with E-state index in [9.17, 15) is 15.0 Å². The van der Waals surface area contributed by atoms with E-state index in [1.807, 2.05) is 0 Å². The minimum absolute atomic E-state index is 0.00138. The van der Waals surface area contributed by atoms with Crippen LogP contribution in [-0.4, -0.2) is 50.9 Å². The molecule has 0 spiro atoms. The zero-order valence-corrected chi connectivity index (χ0v) is 12.7. The summed E-state index contributed by atoms with van der Waals surface area (Å²) < 4.78 is 11.8. The molecule has 4 N–H and O–H groups in total. The molecule has 1 saturated heterocycles. The van der Waals surface area contributed by atoms with Crippen molar-refractivity contribution in [2.75, 3.05) is 18.9 Å². The third-order valence-electron chi connectivity index (χ3n) is 3.72. The molecular formula is C12H18N6O5. The molecule has 1 aromatic heterocycles. The third-order valence-corrected chi connectivity index (χ3v) is 3.72. The van der Waals surface area contributed by atoms with Crippen LogP contribution in [-0.2, 0) is 15.2 Å². The number of hydrogen-bond acceptors (Lipinski definition) is 8. The van der Waals surface area contributed by atoms with Gasteiger partial charge >= 0.3 is 5.69 Å². The van der Waals surface area contributed by atoms with Gasteiger partial charge in [-0.2, -0.15) is 4.98 Å². The predicted octanol–water partition coefficient (Wildman–Crippen LogP) is -0.707. The van der Waals surface area contributed by atoms with Crippen molar-refractivity contribution in [2.45, 2.75) is 37.5 Å². The molecule has 0 amide bonds. The van der Waals surface area contributed by atoms with Crippen LogP contribution in [0.15, 0.2) is 22.2 Å². The SMILES string of the molecule is CCOC[C@@]1(N=[N+]=[N-])O[C@@](C)(n2ccc(N)nc2=O)[C@H](O)[C@@H]1O. The van der Waals surface area contributed by atoms with Crippen LogP contribution in [0.3, 0.4) is 0 Å². The fourth-order valence-corrected chi connectivity index (χ4v) is 2.51. The zero-order valence-electron chi connectivity index (χ0n) is 12.7. The van der Waals surface area contributed by atoms with Crippen molar-refractivity contribution in [3.63, 3.8) is 0 Å². The molecule has 0 radical (unpaired) electrons. The normalized spacial score (nSPS) is 33.4. The minimum Gasteiger partial charge on any atom is -0.387 e. The van der Waals surface area contributed by atoms with Gasteiger partial charge in [0.2, 0.25) is 5.72 Å². The highest BCUT2D eigenvalue weighted by Crippen LogP contribution is 2.42. The first-order valence-corrected chi connectivity index (χ1v) is 6.86. The standard InChI is InChI=1S/C12H18N6O5/c1-3-22-6-12(16-17-14)9(20)8(19)11(2,23-12)18-5-4-7(13)15-10(18)21/h4-5,8-9,19-20H,3,6H2,1-2H3,(H2,13,15,21)/t8-,9+,11-,12-/m1/s1. The summed E-state index contributed by atoms with van der Waals surface area (Å²) in [6.45, 7) is 3.05. The van der Waals surface area contributed by atoms with Gasteiger partial charge in [-0.1, -0.05) is 5.11 Å². The van der Waals surface area contributed by atoms with Gasteiger partial charge in [0.05, 0.1) is 6.61 Å². The molecule has 1 fully saturated rings. The predicted molar refractivity (Wildman–Crippen MR) is 78.0 cm³/mol. The molecule has 0 unspecified atom stereocenters. The van der Waals surface area contributed by atoms with Crippen LogP contribution in [0.25, 0.3) is 10.4 Å². The Balaban J connectivity index is 2.52. The van der Waals surface area contributed by atoms with Crippen LogP contribution < -0.4 is 11.4 Å². The molecule has 1 aliphatic rings. The maximum Gasteiger partial charge on any atom is 0.351 e. The largest absolute Gasteiger partial charge is 0.387 e. The molecule has 126 valence electrons. The minimum atomic E-state index is -1.88. The van der Waals surface area contributed by atoms with Gasteiger partial charge in [0.15, 0.2) is 5.72 Å². The summed E-state index contributed by atoms with van der Waals surface area (Å²) >= 11 is 0. The molecule has 4 atom stereocenters. The first-order chi connectivity index (χ1) is 10.8. The number of aromatic nitrogens is 2. The summed E-state index contributed by atoms with van der Waals surface area (Å²) in [4.78, 5) is 18.2. The second-order valence-corrected chi connectivity index (χ2v) is 5.22. The first-order valence-electron chi connectivity index (χ1n) is 6.86. The van der Waals surface area contributed by atoms with Crippen molar-refractivity contribution in [1.29, 1.82) is 0 Å². The smallest absolute Gasteiger partial charge is 0.351 e. The molecule has 2 heterocycles. The van der Waals surface area contributed by atoms with Crippen molar-refractivity contribution in [3.05, 3.63) is 33.2 Å². The molecule has 0 bridgehead atoms. The van der Waals surface area contributed by atoms with Gasteiger partial charge in [0.25, 0.3) is 0 Å². The Morgan fingerprint density at radius 3 is 2.87 bits per heavy atom. The summed E-state index contributed by atoms with van der Waals surface area (Å²) in [5.41, 5.74) is 9.81. The summed E-state index contributed by atoms with van der Waals surface area (Å²) in [5.74, 6) is -0.00138. The lowest BCUT2D eigenvalue weighted by atomic mass is 10.0. The molecule has 2 rings (SSSR count). The van der Waals surface area contributed by atoms with E-state index in [0.29, 0.717) is 0 Å². The molecule has 1 aromatic rings. The summed E-state index contributed by atoms with van der Waals surface area (Å²) in [7, 11) is 0. The number of nitrogen functional groups attached to an aromatic ring is 1. The Morgan fingerprint density at radius 1 is 1.61 bits per heavy atom. The Bertz CT molecular complexity index is 689. The number of nitrogens with zero attached hydrogens (tertiary/aromatic N) is 5. The van der Waals surface area contributed by atoms with E-state index >= 15 is 0 Å². The Labute approximate surface area is 130 Å². The van der Waals surface area contributed by atoms with Gasteiger partial charge in [0.1, 0.15) is 18.0 Å². The topological polar surface area (TPSA) is 169 Å². The van der Waals surface area contributed by atoms with E-state index in [1.54, 1.807) is 6.92 Å². The number of nitrogens with two attached hydrogens (primary N) is 1. The highest BCUT2D eigenvalue weighted by molar-refractivity contribution is 5.24. The van der Waals surface area contributed by atoms with Gasteiger partial charge < -0.3 is 25.4 Å². The number of hydrogen-bond donors (Lipinski definition) is 3. The maximum absolute atomic E-state index is 12.0. The number of aliphatic hydroxyl groups is 2. The Morgan fingerprint density at radius 2 is 2.30 bits per heavy atom. The first kappa shape index (κ1) is 17.2. The lowest BCUT2D eigenvalue weighted by Crippen LogP contribution is -2.48. The molecule has 0 saturated carbocycles. The monoisotopic (exact) mass is 326 g/mol. The molecule has 11 nitrogen and oxygen atoms in total. The van der Waals surface area contributed by atoms with Crippen molar-refractivity contribution in [3.8, 4) is 0 Å². The second kappa shape index (κ2) is 6.14. The molecule has 0 aliphatic carbocycles. The molecule has 23 heavy (non-hydrogen) atoms. The van der Waals surface area contributed by atoms with Gasteiger partial charge in [0, 0.05) is 17.7 Å². The lowest BCUT2D eigenvalue weighted by molar-refractivity contribution is -0.185. The second-order valence-electron chi connectivity index (χ2n) is 5.22. The number of ether oxygens (including phenoxy) is 2. The maximum atomic E-state index is 12.0. The number of aliphatic hydroxyl groups excluding tert-OH is 2. The molecule has 0 aromatic carbocycles. The van der Waals surface area contributed by atoms with Gasteiger partial charge in [-0.25, -0.2) is 4.79 Å². The lowest BCUT2D eigenvalue weighted by Gasteiger charge is -2.31. The summed E-state index contributed by atoms with van der Waals surface area (Å²) in [6.07, 6.45) is -1.91. The van der Waals surface area contributed by atoms with Crippen molar-refractivity contribution >= 4 is 5.82 Å². The van der Waals surface area contributed by atoms with Gasteiger partial charge in [-0.05, 0) is 25.4 Å². The third kappa shape index (κ3) is 2.76. The van der Waals surface area contributed by atoms with Crippen LogP contribution in [0.2, 0.25) is 0 Å². The van der Waals surface area contributed by atoms with E-state index in [1.165, 1.54) is 19.2 Å². The zero-order chi connectivity index (χ0) is 17.3. The van der Waals surface area contributed by atoms with Crippen LogP contribution in [0.5, 0.6) is 0 Å². The quantitative estimate of drug-likeness (QED) is 0.364. The Kier molecular flexibility index (Phi) is 4.59. The molecule has 11 heteroatoms. The van der Waals surface area contributed by atoms with Gasteiger partial charge in [-0.15, -0.1) is 0 Å². The molecule has 1 aliphatic heterocycles. The average molecular weight is 326 g/mol. The van der Waals surface area contributed by atoms with Crippen LogP contribution in [0, 0.1) is 0 Å². The van der Waals surface area contributed by atoms with Gasteiger partial charge in [-0.3, -0.25) is 4.57 Å². The number of rotatable bonds is 5. The number of anilines is 1. The summed E-state index contributed by atoms with van der Waals surface area (Å²) in [5, 5.41) is 24.2.